The molecular weight excluding hydrogens is 448 g/mol. The highest BCUT2D eigenvalue weighted by Crippen LogP contribution is 2.25. The lowest BCUT2D eigenvalue weighted by molar-refractivity contribution is -0.147. The molecule has 2 aliphatic rings. The highest BCUT2D eigenvalue weighted by Gasteiger charge is 2.42. The van der Waals surface area contributed by atoms with Gasteiger partial charge in [0.05, 0.1) is 6.08 Å². The molecule has 0 spiro atoms. The van der Waals surface area contributed by atoms with E-state index in [1.54, 1.807) is 24.3 Å². The molecule has 2 aromatic carbocycles. The van der Waals surface area contributed by atoms with Crippen molar-refractivity contribution in [2.45, 2.75) is 39.3 Å². The van der Waals surface area contributed by atoms with Gasteiger partial charge in [0.2, 0.25) is 5.91 Å². The van der Waals surface area contributed by atoms with E-state index in [0.29, 0.717) is 30.0 Å². The highest BCUT2D eigenvalue weighted by atomic mass is 16.5. The van der Waals surface area contributed by atoms with Crippen LogP contribution in [-0.2, 0) is 20.9 Å². The van der Waals surface area contributed by atoms with E-state index < -0.39 is 23.8 Å². The second-order valence-electron chi connectivity index (χ2n) is 8.53. The lowest BCUT2D eigenvalue weighted by atomic mass is 10.0. The van der Waals surface area contributed by atoms with Crippen molar-refractivity contribution in [2.75, 3.05) is 5.32 Å². The average Bonchev–Trinajstić information content (AvgIpc) is 3.08. The summed E-state index contributed by atoms with van der Waals surface area (Å²) in [7, 11) is 0. The lowest BCUT2D eigenvalue weighted by Gasteiger charge is -2.29. The number of nitrogens with one attached hydrogen (secondary N) is 3. The van der Waals surface area contributed by atoms with Crippen LogP contribution in [0, 0.1) is 13.8 Å². The van der Waals surface area contributed by atoms with Gasteiger partial charge in [0.15, 0.2) is 5.76 Å². The molecule has 9 heteroatoms. The van der Waals surface area contributed by atoms with E-state index in [1.165, 1.54) is 0 Å². The van der Waals surface area contributed by atoms with Crippen molar-refractivity contribution in [2.24, 2.45) is 0 Å². The summed E-state index contributed by atoms with van der Waals surface area (Å²) in [5, 5.41) is 8.15. The van der Waals surface area contributed by atoms with Crippen LogP contribution in [0.3, 0.4) is 0 Å². The number of carbonyl (C=O) groups is 4. The molecule has 0 aromatic heterocycles. The van der Waals surface area contributed by atoms with Crippen LogP contribution in [0.1, 0.15) is 29.5 Å². The quantitative estimate of drug-likeness (QED) is 0.557. The van der Waals surface area contributed by atoms with E-state index >= 15 is 0 Å². The Kier molecular flexibility index (Phi) is 6.68. The van der Waals surface area contributed by atoms with Crippen LogP contribution in [0.2, 0.25) is 0 Å². The first-order valence-corrected chi connectivity index (χ1v) is 11.2. The number of piperidine rings is 1. The number of urea groups is 1. The highest BCUT2D eigenvalue weighted by molar-refractivity contribution is 6.17. The minimum absolute atomic E-state index is 0.162. The third-order valence-corrected chi connectivity index (χ3v) is 5.90. The molecule has 2 heterocycles. The Balaban J connectivity index is 1.35. The summed E-state index contributed by atoms with van der Waals surface area (Å²) < 4.78 is 5.67. The normalized spacial score (nSPS) is 17.7. The summed E-state index contributed by atoms with van der Waals surface area (Å²) in [5.41, 5.74) is 4.20. The van der Waals surface area contributed by atoms with Crippen molar-refractivity contribution in [3.05, 3.63) is 83.3 Å². The minimum Gasteiger partial charge on any atom is -0.451 e. The maximum atomic E-state index is 12.8. The first-order valence-electron chi connectivity index (χ1n) is 11.2. The van der Waals surface area contributed by atoms with E-state index in [-0.39, 0.29) is 18.3 Å². The summed E-state index contributed by atoms with van der Waals surface area (Å²) in [6, 6.07) is 11.2. The Morgan fingerprint density at radius 2 is 1.94 bits per heavy atom. The number of anilines is 1. The Hall–Kier alpha value is -4.40. The molecule has 0 saturated carbocycles. The number of hydrogen-bond acceptors (Lipinski definition) is 5. The summed E-state index contributed by atoms with van der Waals surface area (Å²) in [6.07, 6.45) is 1.88. The van der Waals surface area contributed by atoms with Gasteiger partial charge >= 0.3 is 6.03 Å². The smallest absolute Gasteiger partial charge is 0.319 e. The summed E-state index contributed by atoms with van der Waals surface area (Å²) in [5.74, 6) is -1.54. The van der Waals surface area contributed by atoms with Crippen LogP contribution in [0.4, 0.5) is 10.5 Å². The molecule has 2 aromatic rings. The predicted octanol–water partition coefficient (Wildman–Crippen LogP) is 3.05. The number of rotatable bonds is 6. The van der Waals surface area contributed by atoms with Crippen LogP contribution < -0.4 is 20.7 Å². The molecule has 35 heavy (non-hydrogen) atoms. The van der Waals surface area contributed by atoms with Crippen molar-refractivity contribution >= 4 is 29.4 Å². The number of imide groups is 1. The summed E-state index contributed by atoms with van der Waals surface area (Å²) >= 11 is 0. The van der Waals surface area contributed by atoms with Gasteiger partial charge < -0.3 is 20.7 Å². The molecule has 0 bridgehead atoms. The van der Waals surface area contributed by atoms with Gasteiger partial charge in [-0.3, -0.25) is 19.3 Å². The number of aryl methyl sites for hydroxylation is 2. The summed E-state index contributed by atoms with van der Waals surface area (Å²) in [6.45, 7) is 7.90. The van der Waals surface area contributed by atoms with Crippen LogP contribution in [0.15, 0.2) is 66.6 Å². The molecule has 1 atom stereocenters. The van der Waals surface area contributed by atoms with E-state index in [4.69, 9.17) is 4.74 Å². The van der Waals surface area contributed by atoms with Gasteiger partial charge in [-0.25, -0.2) is 4.79 Å². The number of nitrogens with zero attached hydrogens (tertiary/aromatic N) is 1. The van der Waals surface area contributed by atoms with Gasteiger partial charge in [-0.1, -0.05) is 24.8 Å². The second kappa shape index (κ2) is 9.84. The third kappa shape index (κ3) is 5.40. The zero-order chi connectivity index (χ0) is 25.1. The molecule has 4 rings (SSSR count). The fraction of sp³-hybridized carbons (Fsp3) is 0.231. The van der Waals surface area contributed by atoms with Crippen LogP contribution in [0.5, 0.6) is 5.75 Å². The molecule has 1 unspecified atom stereocenters. The van der Waals surface area contributed by atoms with Gasteiger partial charge in [0, 0.05) is 17.9 Å². The van der Waals surface area contributed by atoms with Gasteiger partial charge in [-0.05, 0) is 67.6 Å². The molecule has 1 saturated heterocycles. The predicted molar refractivity (Wildman–Crippen MR) is 129 cm³/mol. The zero-order valence-electron chi connectivity index (χ0n) is 19.5. The number of allylic oxidation sites excluding steroid dienone is 1. The molecule has 9 nitrogen and oxygen atoms in total. The van der Waals surface area contributed by atoms with Crippen molar-refractivity contribution < 1.29 is 23.9 Å². The van der Waals surface area contributed by atoms with E-state index in [0.717, 1.165) is 27.7 Å². The lowest BCUT2D eigenvalue weighted by Crippen LogP contribution is -2.52. The van der Waals surface area contributed by atoms with Crippen molar-refractivity contribution in [3.63, 3.8) is 0 Å². The van der Waals surface area contributed by atoms with Gasteiger partial charge in [0.25, 0.3) is 11.8 Å². The molecule has 3 N–H and O–H groups in total. The SMILES string of the molecule is C=C1CCC(N2C(=O)C=C(Oc3cccc(CNC(=O)Nc4ccc(C)c(C)c4)c3)C2=O)C(=O)N1. The summed E-state index contributed by atoms with van der Waals surface area (Å²) in [4.78, 5) is 50.7. The molecule has 1 fully saturated rings. The Morgan fingerprint density at radius 3 is 2.69 bits per heavy atom. The molecule has 180 valence electrons. The first-order chi connectivity index (χ1) is 16.7. The van der Waals surface area contributed by atoms with Gasteiger partial charge in [-0.2, -0.15) is 0 Å². The number of benzene rings is 2. The Bertz CT molecular complexity index is 1270. The maximum Gasteiger partial charge on any atom is 0.319 e. The van der Waals surface area contributed by atoms with Crippen molar-refractivity contribution in [1.82, 2.24) is 15.5 Å². The van der Waals surface area contributed by atoms with Crippen LogP contribution in [0.25, 0.3) is 0 Å². The largest absolute Gasteiger partial charge is 0.451 e. The van der Waals surface area contributed by atoms with E-state index in [9.17, 15) is 19.2 Å². The third-order valence-electron chi connectivity index (χ3n) is 5.90. The van der Waals surface area contributed by atoms with E-state index in [2.05, 4.69) is 22.5 Å². The maximum absolute atomic E-state index is 12.8. The van der Waals surface area contributed by atoms with Crippen LogP contribution in [-0.4, -0.2) is 34.7 Å². The average molecular weight is 475 g/mol. The van der Waals surface area contributed by atoms with Gasteiger partial charge in [-0.15, -0.1) is 0 Å². The van der Waals surface area contributed by atoms with Crippen LogP contribution >= 0.6 is 0 Å². The number of carbonyl (C=O) groups excluding carboxylic acids is 4. The fourth-order valence-electron chi connectivity index (χ4n) is 3.86. The number of hydrogen-bond donors (Lipinski definition) is 3. The number of ether oxygens (including phenoxy) is 1. The first kappa shape index (κ1) is 23.7. The topological polar surface area (TPSA) is 117 Å². The van der Waals surface area contributed by atoms with Gasteiger partial charge in [0.1, 0.15) is 11.8 Å². The molecule has 2 aliphatic heterocycles. The fourth-order valence-corrected chi connectivity index (χ4v) is 3.86. The zero-order valence-corrected chi connectivity index (χ0v) is 19.5. The van der Waals surface area contributed by atoms with Crippen molar-refractivity contribution in [3.8, 4) is 5.75 Å². The standard InChI is InChI=1S/C26H26N4O5/c1-15-7-9-19(11-16(15)2)29-26(34)27-14-18-5-4-6-20(12-18)35-22-13-23(31)30(25(22)33)21-10-8-17(3)28-24(21)32/h4-7,9,11-13,21H,3,8,10,14H2,1-2H3,(H,28,32)(H2,27,29,34). The minimum atomic E-state index is -0.899. The second-order valence-corrected chi connectivity index (χ2v) is 8.53. The molecule has 0 radical (unpaired) electrons. The van der Waals surface area contributed by atoms with Crippen molar-refractivity contribution in [1.29, 1.82) is 0 Å². The molecule has 5 amide bonds. The molecule has 0 aliphatic carbocycles. The number of amides is 5. The monoisotopic (exact) mass is 474 g/mol. The molecular formula is C26H26N4O5. The Labute approximate surface area is 202 Å². The Morgan fingerprint density at radius 1 is 1.14 bits per heavy atom. The van der Waals surface area contributed by atoms with E-state index in [1.807, 2.05) is 32.0 Å².